The van der Waals surface area contributed by atoms with Crippen LogP contribution < -0.4 is 11.2 Å². The standard InChI is InChI=1S/C15H23FN3O8P/c1-5-24-13(21)15(19-9-10(16)12(20)17-14(19)22)8-11(18(4)27-15)28(23,25-6-2)26-7-3/h9,11H,5-8H2,1-4H3,(H,17,20,22)/t11-,15+/m0/s1. The Labute approximate surface area is 159 Å². The molecule has 2 heterocycles. The summed E-state index contributed by atoms with van der Waals surface area (Å²) in [5.74, 6) is -3.44. The van der Waals surface area contributed by atoms with Crippen molar-refractivity contribution in [2.24, 2.45) is 0 Å². The molecular weight excluding hydrogens is 400 g/mol. The molecule has 0 bridgehead atoms. The van der Waals surface area contributed by atoms with Crippen LogP contribution in [0.1, 0.15) is 27.2 Å². The SMILES string of the molecule is CCOC(=O)[C@@]1(n2cc(F)c(=O)[nH]c2=O)C[C@H](P(=O)(OCC)OCC)N(C)O1. The fourth-order valence-electron chi connectivity index (χ4n) is 2.91. The summed E-state index contributed by atoms with van der Waals surface area (Å²) in [5, 5.41) is 1.05. The first kappa shape index (κ1) is 22.4. The van der Waals surface area contributed by atoms with E-state index in [1.807, 2.05) is 0 Å². The molecule has 0 aliphatic carbocycles. The van der Waals surface area contributed by atoms with Crippen LogP contribution in [0.5, 0.6) is 0 Å². The molecule has 158 valence electrons. The van der Waals surface area contributed by atoms with Crippen LogP contribution in [0.3, 0.4) is 0 Å². The van der Waals surface area contributed by atoms with E-state index in [9.17, 15) is 23.3 Å². The Bertz CT molecular complexity index is 877. The minimum atomic E-state index is -3.81. The van der Waals surface area contributed by atoms with E-state index in [-0.39, 0.29) is 19.8 Å². The first-order valence-corrected chi connectivity index (χ1v) is 10.3. The lowest BCUT2D eigenvalue weighted by molar-refractivity contribution is -0.235. The van der Waals surface area contributed by atoms with Gasteiger partial charge in [0.1, 0.15) is 5.78 Å². The third-order valence-corrected chi connectivity index (χ3v) is 6.51. The van der Waals surface area contributed by atoms with Gasteiger partial charge in [-0.25, -0.2) is 9.59 Å². The third kappa shape index (κ3) is 3.96. The fourth-order valence-corrected chi connectivity index (χ4v) is 4.97. The number of halogens is 1. The zero-order valence-corrected chi connectivity index (χ0v) is 16.9. The molecular formula is C15H23FN3O8P. The molecule has 2 atom stereocenters. The molecule has 2 rings (SSSR count). The topological polar surface area (TPSA) is 129 Å². The molecule has 0 aromatic carbocycles. The van der Waals surface area contributed by atoms with Crippen LogP contribution in [-0.2, 0) is 33.7 Å². The van der Waals surface area contributed by atoms with Gasteiger partial charge in [0.15, 0.2) is 0 Å². The first-order valence-electron chi connectivity index (χ1n) is 8.65. The van der Waals surface area contributed by atoms with Gasteiger partial charge in [0.25, 0.3) is 11.3 Å². The Morgan fingerprint density at radius 2 is 1.93 bits per heavy atom. The first-order chi connectivity index (χ1) is 13.1. The largest absolute Gasteiger partial charge is 0.462 e. The summed E-state index contributed by atoms with van der Waals surface area (Å²) in [7, 11) is -2.44. The molecule has 0 spiro atoms. The van der Waals surface area contributed by atoms with Crippen molar-refractivity contribution in [2.45, 2.75) is 38.7 Å². The number of aromatic nitrogens is 2. The summed E-state index contributed by atoms with van der Waals surface area (Å²) in [6, 6.07) is 0. The summed E-state index contributed by atoms with van der Waals surface area (Å²) in [5.41, 5.74) is -4.56. The quantitative estimate of drug-likeness (QED) is 0.476. The molecule has 1 aromatic heterocycles. The van der Waals surface area contributed by atoms with Crippen LogP contribution in [0.15, 0.2) is 15.8 Å². The zero-order valence-electron chi connectivity index (χ0n) is 16.0. The summed E-state index contributed by atoms with van der Waals surface area (Å²) in [4.78, 5) is 43.8. The van der Waals surface area contributed by atoms with Crippen molar-refractivity contribution in [1.82, 2.24) is 14.6 Å². The highest BCUT2D eigenvalue weighted by molar-refractivity contribution is 7.54. The normalized spacial score (nSPS) is 23.1. The van der Waals surface area contributed by atoms with Gasteiger partial charge in [-0.05, 0) is 20.8 Å². The Morgan fingerprint density at radius 3 is 2.46 bits per heavy atom. The van der Waals surface area contributed by atoms with E-state index in [1.54, 1.807) is 18.8 Å². The van der Waals surface area contributed by atoms with E-state index in [2.05, 4.69) is 0 Å². The molecule has 0 saturated carbocycles. The second kappa shape index (κ2) is 8.66. The van der Waals surface area contributed by atoms with Gasteiger partial charge in [0.05, 0.1) is 26.0 Å². The van der Waals surface area contributed by atoms with E-state index in [4.69, 9.17) is 18.6 Å². The van der Waals surface area contributed by atoms with Crippen LogP contribution in [-0.4, -0.2) is 53.2 Å². The molecule has 0 amide bonds. The maximum absolute atomic E-state index is 13.9. The van der Waals surface area contributed by atoms with Gasteiger partial charge in [-0.2, -0.15) is 9.45 Å². The summed E-state index contributed by atoms with van der Waals surface area (Å²) in [6.45, 7) is 4.81. The number of nitrogens with one attached hydrogen (secondary N) is 1. The lowest BCUT2D eigenvalue weighted by atomic mass is 10.1. The molecule has 1 aliphatic heterocycles. The summed E-state index contributed by atoms with van der Waals surface area (Å²) >= 11 is 0. The lowest BCUT2D eigenvalue weighted by Gasteiger charge is -2.27. The number of H-pyrrole nitrogens is 1. The van der Waals surface area contributed by atoms with Gasteiger partial charge in [-0.3, -0.25) is 23.7 Å². The highest BCUT2D eigenvalue weighted by atomic mass is 31.2. The zero-order chi connectivity index (χ0) is 21.1. The van der Waals surface area contributed by atoms with Crippen LogP contribution in [0.25, 0.3) is 0 Å². The maximum Gasteiger partial charge on any atom is 0.362 e. The van der Waals surface area contributed by atoms with Gasteiger partial charge < -0.3 is 13.8 Å². The average Bonchev–Trinajstić information content (AvgIpc) is 2.98. The Kier molecular flexibility index (Phi) is 6.94. The molecule has 11 nitrogen and oxygen atoms in total. The van der Waals surface area contributed by atoms with Gasteiger partial charge >= 0.3 is 19.3 Å². The number of carbonyl (C=O) groups is 1. The number of nitrogens with zero attached hydrogens (tertiary/aromatic N) is 2. The van der Waals surface area contributed by atoms with E-state index < -0.39 is 48.6 Å². The predicted octanol–water partition coefficient (Wildman–Crippen LogP) is 0.751. The lowest BCUT2D eigenvalue weighted by Crippen LogP contribution is -2.51. The Balaban J connectivity index is 2.62. The number of hydrogen-bond donors (Lipinski definition) is 1. The second-order valence-electron chi connectivity index (χ2n) is 5.81. The van der Waals surface area contributed by atoms with Gasteiger partial charge in [-0.15, -0.1) is 0 Å². The van der Waals surface area contributed by atoms with E-state index in [1.165, 1.54) is 14.0 Å². The van der Waals surface area contributed by atoms with Crippen molar-refractivity contribution in [1.29, 1.82) is 0 Å². The van der Waals surface area contributed by atoms with Gasteiger partial charge in [0.2, 0.25) is 5.82 Å². The highest BCUT2D eigenvalue weighted by Crippen LogP contribution is 2.59. The molecule has 1 N–H and O–H groups in total. The van der Waals surface area contributed by atoms with Crippen LogP contribution in [0, 0.1) is 5.82 Å². The van der Waals surface area contributed by atoms with Crippen LogP contribution >= 0.6 is 7.60 Å². The maximum atomic E-state index is 13.9. The molecule has 0 unspecified atom stereocenters. The summed E-state index contributed by atoms with van der Waals surface area (Å²) < 4.78 is 43.3. The number of rotatable bonds is 8. The Morgan fingerprint density at radius 1 is 1.32 bits per heavy atom. The average molecular weight is 423 g/mol. The number of carbonyl (C=O) groups excluding carboxylic acids is 1. The summed E-state index contributed by atoms with van der Waals surface area (Å²) in [6.07, 6.45) is 0.131. The van der Waals surface area contributed by atoms with Gasteiger partial charge in [-0.1, -0.05) is 0 Å². The molecule has 0 radical (unpaired) electrons. The molecule has 1 fully saturated rings. The van der Waals surface area contributed by atoms with Crippen LogP contribution in [0.2, 0.25) is 0 Å². The molecule has 1 aromatic rings. The van der Waals surface area contributed by atoms with Crippen molar-refractivity contribution in [3.05, 3.63) is 32.9 Å². The van der Waals surface area contributed by atoms with E-state index >= 15 is 0 Å². The second-order valence-corrected chi connectivity index (χ2v) is 8.00. The van der Waals surface area contributed by atoms with Crippen molar-refractivity contribution in [3.8, 4) is 0 Å². The highest BCUT2D eigenvalue weighted by Gasteiger charge is 2.59. The fraction of sp³-hybridized carbons (Fsp3) is 0.667. The number of hydroxylamine groups is 2. The molecule has 1 aliphatic rings. The van der Waals surface area contributed by atoms with Gasteiger partial charge in [0, 0.05) is 13.5 Å². The molecule has 28 heavy (non-hydrogen) atoms. The monoisotopic (exact) mass is 423 g/mol. The molecule has 1 saturated heterocycles. The number of ether oxygens (including phenoxy) is 1. The predicted molar refractivity (Wildman–Crippen MR) is 94.0 cm³/mol. The number of aromatic amines is 1. The van der Waals surface area contributed by atoms with E-state index in [0.29, 0.717) is 10.8 Å². The van der Waals surface area contributed by atoms with E-state index in [0.717, 1.165) is 5.06 Å². The van der Waals surface area contributed by atoms with Crippen molar-refractivity contribution >= 4 is 13.6 Å². The minimum Gasteiger partial charge on any atom is -0.462 e. The van der Waals surface area contributed by atoms with Crippen molar-refractivity contribution < 1.29 is 32.4 Å². The Hall–Kier alpha value is -1.85. The smallest absolute Gasteiger partial charge is 0.362 e. The van der Waals surface area contributed by atoms with Crippen LogP contribution in [0.4, 0.5) is 4.39 Å². The van der Waals surface area contributed by atoms with Crippen molar-refractivity contribution in [2.75, 3.05) is 26.9 Å². The molecule has 13 heteroatoms. The number of hydrogen-bond acceptors (Lipinski definition) is 9. The minimum absolute atomic E-state index is 0.0568. The van der Waals surface area contributed by atoms with Crippen molar-refractivity contribution in [3.63, 3.8) is 0 Å². The number of esters is 1. The third-order valence-electron chi connectivity index (χ3n) is 4.04.